The minimum Gasteiger partial charge on any atom is -0.497 e. The molecule has 106 valence electrons. The molecule has 2 heterocycles. The number of pyridine rings is 1. The Hall–Kier alpha value is -1.81. The van der Waals surface area contributed by atoms with E-state index in [0.717, 1.165) is 35.4 Å². The molecule has 1 saturated heterocycles. The highest BCUT2D eigenvalue weighted by atomic mass is 16.5. The maximum absolute atomic E-state index is 5.28. The van der Waals surface area contributed by atoms with Crippen molar-refractivity contribution in [2.24, 2.45) is 0 Å². The molecule has 4 nitrogen and oxygen atoms in total. The van der Waals surface area contributed by atoms with Crippen molar-refractivity contribution in [2.45, 2.75) is 25.3 Å². The summed E-state index contributed by atoms with van der Waals surface area (Å²) in [6.07, 6.45) is 5.58. The van der Waals surface area contributed by atoms with E-state index in [-0.39, 0.29) is 0 Å². The molecule has 0 amide bonds. The molecule has 0 bridgehead atoms. The third-order valence-corrected chi connectivity index (χ3v) is 3.86. The number of nitrogens with one attached hydrogen (secondary N) is 2. The van der Waals surface area contributed by atoms with Gasteiger partial charge in [-0.05, 0) is 49.0 Å². The minimum atomic E-state index is 0.456. The van der Waals surface area contributed by atoms with Gasteiger partial charge in [0.25, 0.3) is 0 Å². The molecule has 1 atom stereocenters. The molecule has 1 aliphatic rings. The van der Waals surface area contributed by atoms with Crippen molar-refractivity contribution in [2.75, 3.05) is 25.5 Å². The first-order valence-corrected chi connectivity index (χ1v) is 7.27. The maximum Gasteiger partial charge on any atom is 0.134 e. The van der Waals surface area contributed by atoms with Crippen molar-refractivity contribution >= 4 is 16.6 Å². The first-order valence-electron chi connectivity index (χ1n) is 7.27. The van der Waals surface area contributed by atoms with Crippen molar-refractivity contribution in [3.8, 4) is 5.75 Å². The average Bonchev–Trinajstić information content (AvgIpc) is 2.75. The molecule has 4 heteroatoms. The predicted octanol–water partition coefficient (Wildman–Crippen LogP) is 2.80. The van der Waals surface area contributed by atoms with Crippen LogP contribution in [0.5, 0.6) is 5.75 Å². The van der Waals surface area contributed by atoms with Crippen LogP contribution in [0.3, 0.4) is 0 Å². The van der Waals surface area contributed by atoms with Crippen LogP contribution in [0, 0.1) is 0 Å². The summed E-state index contributed by atoms with van der Waals surface area (Å²) in [5.74, 6) is 1.85. The molecule has 1 fully saturated rings. The summed E-state index contributed by atoms with van der Waals surface area (Å²) in [6.45, 7) is 2.13. The lowest BCUT2D eigenvalue weighted by Gasteiger charge is -2.18. The monoisotopic (exact) mass is 271 g/mol. The second kappa shape index (κ2) is 6.09. The van der Waals surface area contributed by atoms with Gasteiger partial charge in [0, 0.05) is 24.2 Å². The van der Waals surface area contributed by atoms with Crippen LogP contribution in [0.1, 0.15) is 19.3 Å². The molecule has 1 aromatic carbocycles. The van der Waals surface area contributed by atoms with E-state index in [9.17, 15) is 0 Å². The number of methoxy groups -OCH3 is 1. The highest BCUT2D eigenvalue weighted by molar-refractivity contribution is 5.92. The quantitative estimate of drug-likeness (QED) is 0.901. The summed E-state index contributed by atoms with van der Waals surface area (Å²) in [5.41, 5.74) is 0. The Morgan fingerprint density at radius 3 is 3.15 bits per heavy atom. The van der Waals surface area contributed by atoms with Crippen LogP contribution >= 0.6 is 0 Å². The number of hydrogen-bond acceptors (Lipinski definition) is 4. The van der Waals surface area contributed by atoms with E-state index in [0.29, 0.717) is 6.04 Å². The molecule has 1 aliphatic heterocycles. The van der Waals surface area contributed by atoms with Gasteiger partial charge in [0.05, 0.1) is 7.11 Å². The van der Waals surface area contributed by atoms with E-state index in [1.165, 1.54) is 19.3 Å². The van der Waals surface area contributed by atoms with Crippen LogP contribution in [0.4, 0.5) is 5.82 Å². The van der Waals surface area contributed by atoms with Gasteiger partial charge in [-0.3, -0.25) is 0 Å². The van der Waals surface area contributed by atoms with Crippen LogP contribution in [-0.4, -0.2) is 31.2 Å². The van der Waals surface area contributed by atoms with Crippen molar-refractivity contribution in [1.82, 2.24) is 10.3 Å². The molecule has 1 aromatic heterocycles. The SMILES string of the molecule is COc1ccc2c(NC3CCCCNC3)nccc2c1. The summed E-state index contributed by atoms with van der Waals surface area (Å²) in [7, 11) is 1.69. The molecule has 0 saturated carbocycles. The molecule has 0 radical (unpaired) electrons. The highest BCUT2D eigenvalue weighted by Gasteiger charge is 2.13. The van der Waals surface area contributed by atoms with Gasteiger partial charge in [-0.2, -0.15) is 0 Å². The number of aromatic nitrogens is 1. The average molecular weight is 271 g/mol. The first kappa shape index (κ1) is 13.2. The largest absolute Gasteiger partial charge is 0.497 e. The zero-order valence-corrected chi connectivity index (χ0v) is 11.9. The smallest absolute Gasteiger partial charge is 0.134 e. The third kappa shape index (κ3) is 2.85. The van der Waals surface area contributed by atoms with Crippen LogP contribution in [0.25, 0.3) is 10.8 Å². The van der Waals surface area contributed by atoms with Gasteiger partial charge < -0.3 is 15.4 Å². The minimum absolute atomic E-state index is 0.456. The topological polar surface area (TPSA) is 46.2 Å². The second-order valence-electron chi connectivity index (χ2n) is 5.29. The molecule has 20 heavy (non-hydrogen) atoms. The molecule has 1 unspecified atom stereocenters. The van der Waals surface area contributed by atoms with Gasteiger partial charge >= 0.3 is 0 Å². The Kier molecular flexibility index (Phi) is 4.02. The zero-order chi connectivity index (χ0) is 13.8. The van der Waals surface area contributed by atoms with E-state index in [1.807, 2.05) is 24.4 Å². The Bertz CT molecular complexity index is 577. The maximum atomic E-state index is 5.28. The molecule has 0 spiro atoms. The summed E-state index contributed by atoms with van der Waals surface area (Å²) in [6, 6.07) is 8.59. The van der Waals surface area contributed by atoms with E-state index >= 15 is 0 Å². The Labute approximate surface area is 119 Å². The van der Waals surface area contributed by atoms with Crippen LogP contribution < -0.4 is 15.4 Å². The normalized spacial score (nSPS) is 19.6. The number of anilines is 1. The number of ether oxygens (including phenoxy) is 1. The standard InChI is InChI=1S/C16H21N3O/c1-20-14-5-6-15-12(10-14)7-9-18-16(15)19-13-4-2-3-8-17-11-13/h5-7,9-10,13,17H,2-4,8,11H2,1H3,(H,18,19). The first-order chi connectivity index (χ1) is 9.86. The van der Waals surface area contributed by atoms with Crippen molar-refractivity contribution in [3.05, 3.63) is 30.5 Å². The summed E-state index contributed by atoms with van der Waals surface area (Å²) >= 11 is 0. The molecular formula is C16H21N3O. The van der Waals surface area contributed by atoms with E-state index in [2.05, 4.69) is 21.7 Å². The fourth-order valence-corrected chi connectivity index (χ4v) is 2.73. The van der Waals surface area contributed by atoms with Crippen LogP contribution in [0.15, 0.2) is 30.5 Å². The van der Waals surface area contributed by atoms with Gasteiger partial charge in [0.15, 0.2) is 0 Å². The number of rotatable bonds is 3. The molecule has 2 N–H and O–H groups in total. The van der Waals surface area contributed by atoms with E-state index in [1.54, 1.807) is 7.11 Å². The Morgan fingerprint density at radius 1 is 1.30 bits per heavy atom. The molecule has 3 rings (SSSR count). The van der Waals surface area contributed by atoms with Gasteiger partial charge in [0.1, 0.15) is 11.6 Å². The van der Waals surface area contributed by atoms with Crippen LogP contribution in [-0.2, 0) is 0 Å². The predicted molar refractivity (Wildman–Crippen MR) is 82.4 cm³/mol. The fraction of sp³-hybridized carbons (Fsp3) is 0.438. The Balaban J connectivity index is 1.86. The second-order valence-corrected chi connectivity index (χ2v) is 5.29. The van der Waals surface area contributed by atoms with Crippen LogP contribution in [0.2, 0.25) is 0 Å². The Morgan fingerprint density at radius 2 is 2.25 bits per heavy atom. The summed E-state index contributed by atoms with van der Waals surface area (Å²) in [5, 5.41) is 9.37. The van der Waals surface area contributed by atoms with Crippen molar-refractivity contribution in [1.29, 1.82) is 0 Å². The number of nitrogens with zero attached hydrogens (tertiary/aromatic N) is 1. The van der Waals surface area contributed by atoms with Crippen molar-refractivity contribution < 1.29 is 4.74 Å². The number of benzene rings is 1. The van der Waals surface area contributed by atoms with Gasteiger partial charge in [0.2, 0.25) is 0 Å². The van der Waals surface area contributed by atoms with Gasteiger partial charge in [-0.1, -0.05) is 6.42 Å². The fourth-order valence-electron chi connectivity index (χ4n) is 2.73. The highest BCUT2D eigenvalue weighted by Crippen LogP contribution is 2.26. The number of hydrogen-bond donors (Lipinski definition) is 2. The summed E-state index contributed by atoms with van der Waals surface area (Å²) in [4.78, 5) is 4.51. The van der Waals surface area contributed by atoms with E-state index < -0.39 is 0 Å². The third-order valence-electron chi connectivity index (χ3n) is 3.86. The van der Waals surface area contributed by atoms with Crippen molar-refractivity contribution in [3.63, 3.8) is 0 Å². The summed E-state index contributed by atoms with van der Waals surface area (Å²) < 4.78 is 5.28. The zero-order valence-electron chi connectivity index (χ0n) is 11.9. The lowest BCUT2D eigenvalue weighted by molar-refractivity contribution is 0.415. The van der Waals surface area contributed by atoms with Gasteiger partial charge in [-0.15, -0.1) is 0 Å². The number of fused-ring (bicyclic) bond motifs is 1. The lowest BCUT2D eigenvalue weighted by atomic mass is 10.1. The van der Waals surface area contributed by atoms with Gasteiger partial charge in [-0.25, -0.2) is 4.98 Å². The molecule has 2 aromatic rings. The van der Waals surface area contributed by atoms with E-state index in [4.69, 9.17) is 4.74 Å². The molecular weight excluding hydrogens is 250 g/mol. The molecule has 0 aliphatic carbocycles. The lowest BCUT2D eigenvalue weighted by Crippen LogP contribution is -2.31.